The van der Waals surface area contributed by atoms with E-state index in [1.54, 1.807) is 12.1 Å². The summed E-state index contributed by atoms with van der Waals surface area (Å²) in [7, 11) is 3.66. The third-order valence-electron chi connectivity index (χ3n) is 3.65. The number of hydrogen-bond donors (Lipinski definition) is 0. The molecule has 5 nitrogen and oxygen atoms in total. The second kappa shape index (κ2) is 7.64. The number of rotatable bonds is 6. The van der Waals surface area contributed by atoms with E-state index >= 15 is 0 Å². The van der Waals surface area contributed by atoms with Crippen LogP contribution in [0.5, 0.6) is 11.5 Å². The molecule has 0 radical (unpaired) electrons. The molecule has 0 saturated carbocycles. The number of hydrogen-bond acceptors (Lipinski definition) is 5. The Morgan fingerprint density at radius 3 is 2.62 bits per heavy atom. The lowest BCUT2D eigenvalue weighted by Gasteiger charge is -2.32. The molecule has 1 fully saturated rings. The number of piperazine rings is 1. The van der Waals surface area contributed by atoms with Gasteiger partial charge in [-0.25, -0.2) is 0 Å². The molecule has 116 valence electrons. The molecule has 6 heteroatoms. The minimum Gasteiger partial charge on any atom is -0.493 e. The summed E-state index contributed by atoms with van der Waals surface area (Å²) in [5.74, 6) is 0.953. The van der Waals surface area contributed by atoms with E-state index in [1.165, 1.54) is 7.11 Å². The Balaban J connectivity index is 1.94. The van der Waals surface area contributed by atoms with Gasteiger partial charge in [-0.1, -0.05) is 11.6 Å². The number of benzene rings is 1. The van der Waals surface area contributed by atoms with Crippen molar-refractivity contribution in [3.8, 4) is 11.5 Å². The molecule has 0 aliphatic carbocycles. The predicted octanol–water partition coefficient (Wildman–Crippen LogP) is 1.79. The van der Waals surface area contributed by atoms with Crippen LogP contribution in [0, 0.1) is 0 Å². The Morgan fingerprint density at radius 2 is 2.00 bits per heavy atom. The van der Waals surface area contributed by atoms with Crippen LogP contribution < -0.4 is 9.47 Å². The normalized spacial score (nSPS) is 16.7. The minimum absolute atomic E-state index is 0.415. The number of carbonyl (C=O) groups is 1. The molecular formula is C15H21ClN2O3. The molecule has 1 aliphatic rings. The fourth-order valence-corrected chi connectivity index (χ4v) is 2.55. The van der Waals surface area contributed by atoms with Crippen LogP contribution in [-0.4, -0.2) is 69.6 Å². The third kappa shape index (κ3) is 4.33. The smallest absolute Gasteiger partial charge is 0.171 e. The molecular weight excluding hydrogens is 292 g/mol. The monoisotopic (exact) mass is 312 g/mol. The molecule has 21 heavy (non-hydrogen) atoms. The Bertz CT molecular complexity index is 488. The highest BCUT2D eigenvalue weighted by Crippen LogP contribution is 2.33. The molecule has 1 aromatic rings. The predicted molar refractivity (Wildman–Crippen MR) is 82.8 cm³/mol. The van der Waals surface area contributed by atoms with E-state index in [2.05, 4.69) is 16.8 Å². The second-order valence-electron chi connectivity index (χ2n) is 5.14. The van der Waals surface area contributed by atoms with Gasteiger partial charge < -0.3 is 14.4 Å². The Hall–Kier alpha value is -1.30. The van der Waals surface area contributed by atoms with Gasteiger partial charge in [0.05, 0.1) is 12.7 Å². The summed E-state index contributed by atoms with van der Waals surface area (Å²) >= 11 is 5.94. The molecule has 1 saturated heterocycles. The highest BCUT2D eigenvalue weighted by Gasteiger charge is 2.15. The average molecular weight is 313 g/mol. The van der Waals surface area contributed by atoms with Gasteiger partial charge in [0.15, 0.2) is 17.8 Å². The number of halogens is 1. The van der Waals surface area contributed by atoms with Crippen molar-refractivity contribution in [1.29, 1.82) is 0 Å². The molecule has 0 aromatic heterocycles. The first-order chi connectivity index (χ1) is 10.1. The number of nitrogens with zero attached hydrogens (tertiary/aromatic N) is 2. The van der Waals surface area contributed by atoms with Crippen molar-refractivity contribution >= 4 is 17.9 Å². The van der Waals surface area contributed by atoms with Gasteiger partial charge in [0, 0.05) is 43.8 Å². The number of likely N-dealkylation sites (N-methyl/N-ethyl adjacent to an activating group) is 1. The number of methoxy groups -OCH3 is 1. The molecule has 0 amide bonds. The molecule has 0 unspecified atom stereocenters. The van der Waals surface area contributed by atoms with Crippen LogP contribution in [0.4, 0.5) is 0 Å². The molecule has 2 rings (SSSR count). The van der Waals surface area contributed by atoms with Crippen LogP contribution in [0.25, 0.3) is 0 Å². The van der Waals surface area contributed by atoms with Crippen LogP contribution in [0.3, 0.4) is 0 Å². The molecule has 0 atom stereocenters. The molecule has 0 N–H and O–H groups in total. The lowest BCUT2D eigenvalue weighted by atomic mass is 10.2. The van der Waals surface area contributed by atoms with Crippen molar-refractivity contribution in [3.05, 3.63) is 22.7 Å². The number of aldehydes is 1. The highest BCUT2D eigenvalue weighted by molar-refractivity contribution is 6.31. The Morgan fingerprint density at radius 1 is 1.29 bits per heavy atom. The lowest BCUT2D eigenvalue weighted by Crippen LogP contribution is -2.45. The number of ether oxygens (including phenoxy) is 2. The summed E-state index contributed by atoms with van der Waals surface area (Å²) in [6.45, 7) is 5.57. The van der Waals surface area contributed by atoms with Crippen LogP contribution in [0.15, 0.2) is 12.1 Å². The summed E-state index contributed by atoms with van der Waals surface area (Å²) < 4.78 is 11.0. The SMILES string of the molecule is COc1cc(Cl)cc(C=O)c1OCCN1CCN(C)CC1. The van der Waals surface area contributed by atoms with E-state index in [0.29, 0.717) is 28.7 Å². The molecule has 1 aliphatic heterocycles. The van der Waals surface area contributed by atoms with E-state index in [1.807, 2.05) is 0 Å². The topological polar surface area (TPSA) is 42.0 Å². The second-order valence-corrected chi connectivity index (χ2v) is 5.57. The first kappa shape index (κ1) is 16.1. The fraction of sp³-hybridized carbons (Fsp3) is 0.533. The lowest BCUT2D eigenvalue weighted by molar-refractivity contribution is 0.111. The van der Waals surface area contributed by atoms with Gasteiger partial charge in [-0.2, -0.15) is 0 Å². The van der Waals surface area contributed by atoms with Gasteiger partial charge in [-0.05, 0) is 13.1 Å². The molecule has 1 heterocycles. The third-order valence-corrected chi connectivity index (χ3v) is 3.86. The van der Waals surface area contributed by atoms with Crippen LogP contribution >= 0.6 is 11.6 Å². The molecule has 0 bridgehead atoms. The van der Waals surface area contributed by atoms with Crippen LogP contribution in [0.1, 0.15) is 10.4 Å². The van der Waals surface area contributed by atoms with E-state index in [-0.39, 0.29) is 0 Å². The summed E-state index contributed by atoms with van der Waals surface area (Å²) in [5, 5.41) is 0.459. The minimum atomic E-state index is 0.415. The summed E-state index contributed by atoms with van der Waals surface area (Å²) in [6, 6.07) is 3.24. The quantitative estimate of drug-likeness (QED) is 0.749. The number of carbonyl (C=O) groups excluding carboxylic acids is 1. The van der Waals surface area contributed by atoms with E-state index in [4.69, 9.17) is 21.1 Å². The van der Waals surface area contributed by atoms with Crippen molar-refractivity contribution in [3.63, 3.8) is 0 Å². The maximum Gasteiger partial charge on any atom is 0.171 e. The average Bonchev–Trinajstić information content (AvgIpc) is 2.49. The Labute approximate surface area is 130 Å². The summed E-state index contributed by atoms with van der Waals surface area (Å²) in [4.78, 5) is 15.8. The van der Waals surface area contributed by atoms with E-state index in [0.717, 1.165) is 39.0 Å². The Kier molecular flexibility index (Phi) is 5.85. The van der Waals surface area contributed by atoms with Gasteiger partial charge in [0.25, 0.3) is 0 Å². The largest absolute Gasteiger partial charge is 0.493 e. The fourth-order valence-electron chi connectivity index (χ4n) is 2.33. The van der Waals surface area contributed by atoms with Crippen molar-refractivity contribution in [2.45, 2.75) is 0 Å². The van der Waals surface area contributed by atoms with Gasteiger partial charge >= 0.3 is 0 Å². The standard InChI is InChI=1S/C15H21ClN2O3/c1-17-3-5-18(6-4-17)7-8-21-15-12(11-19)9-13(16)10-14(15)20-2/h9-11H,3-8H2,1-2H3. The van der Waals surface area contributed by atoms with Gasteiger partial charge in [0.1, 0.15) is 6.61 Å². The zero-order valence-electron chi connectivity index (χ0n) is 12.5. The molecule has 1 aromatic carbocycles. The highest BCUT2D eigenvalue weighted by atomic mass is 35.5. The van der Waals surface area contributed by atoms with Crippen LogP contribution in [-0.2, 0) is 0 Å². The van der Waals surface area contributed by atoms with Gasteiger partial charge in [-0.15, -0.1) is 0 Å². The maximum atomic E-state index is 11.1. The van der Waals surface area contributed by atoms with E-state index in [9.17, 15) is 4.79 Å². The van der Waals surface area contributed by atoms with Crippen molar-refractivity contribution in [2.24, 2.45) is 0 Å². The van der Waals surface area contributed by atoms with Crippen LogP contribution in [0.2, 0.25) is 5.02 Å². The zero-order chi connectivity index (χ0) is 15.2. The maximum absolute atomic E-state index is 11.1. The van der Waals surface area contributed by atoms with Crippen molar-refractivity contribution in [1.82, 2.24) is 9.80 Å². The van der Waals surface area contributed by atoms with Crippen molar-refractivity contribution in [2.75, 3.05) is 53.5 Å². The molecule has 0 spiro atoms. The summed E-state index contributed by atoms with van der Waals surface area (Å²) in [5.41, 5.74) is 0.415. The van der Waals surface area contributed by atoms with Gasteiger partial charge in [0.2, 0.25) is 0 Å². The summed E-state index contributed by atoms with van der Waals surface area (Å²) in [6.07, 6.45) is 0.736. The van der Waals surface area contributed by atoms with E-state index < -0.39 is 0 Å². The zero-order valence-corrected chi connectivity index (χ0v) is 13.2. The van der Waals surface area contributed by atoms with Crippen molar-refractivity contribution < 1.29 is 14.3 Å². The van der Waals surface area contributed by atoms with Gasteiger partial charge in [-0.3, -0.25) is 9.69 Å². The first-order valence-electron chi connectivity index (χ1n) is 7.00. The first-order valence-corrected chi connectivity index (χ1v) is 7.38.